The molecule has 4 heteroatoms. The minimum atomic E-state index is -0.165. The lowest BCUT2D eigenvalue weighted by molar-refractivity contribution is 0.660. The molecule has 14 rings (SSSR count). The molecule has 0 bridgehead atoms. The molecule has 4 nitrogen and oxygen atoms in total. The number of anilines is 10. The molecule has 0 saturated heterocycles. The van der Waals surface area contributed by atoms with Crippen molar-refractivity contribution in [3.8, 4) is 44.5 Å². The molecule has 338 valence electrons. The van der Waals surface area contributed by atoms with Gasteiger partial charge < -0.3 is 19.6 Å². The van der Waals surface area contributed by atoms with Crippen LogP contribution in [0, 0.1) is 0 Å². The third-order valence-electron chi connectivity index (χ3n) is 15.7. The lowest BCUT2D eigenvalue weighted by Crippen LogP contribution is -2.24. The number of nitrogens with zero attached hydrogens (tertiary/aromatic N) is 4. The van der Waals surface area contributed by atoms with Gasteiger partial charge in [-0.25, -0.2) is 0 Å². The molecule has 11 aromatic carbocycles. The van der Waals surface area contributed by atoms with Crippen LogP contribution in [0.3, 0.4) is 0 Å². The van der Waals surface area contributed by atoms with Crippen LogP contribution in [-0.4, -0.2) is 14.1 Å². The van der Waals surface area contributed by atoms with Gasteiger partial charge in [0.25, 0.3) is 0 Å². The summed E-state index contributed by atoms with van der Waals surface area (Å²) in [4.78, 5) is 9.55. The molecule has 11 aromatic rings. The van der Waals surface area contributed by atoms with Gasteiger partial charge in [0, 0.05) is 30.9 Å². The predicted octanol–water partition coefficient (Wildman–Crippen LogP) is 18.4. The first-order chi connectivity index (χ1) is 34.8. The van der Waals surface area contributed by atoms with Crippen molar-refractivity contribution in [2.75, 3.05) is 33.7 Å². The molecular weight excluding hydrogens is 861 g/mol. The first-order valence-electron chi connectivity index (χ1n) is 24.7. The van der Waals surface area contributed by atoms with Gasteiger partial charge in [-0.2, -0.15) is 0 Å². The first-order valence-corrected chi connectivity index (χ1v) is 24.7. The van der Waals surface area contributed by atoms with E-state index < -0.39 is 0 Å². The molecule has 0 fully saturated rings. The summed E-state index contributed by atoms with van der Waals surface area (Å²) in [6.45, 7) is 4.77. The topological polar surface area (TPSA) is 13.0 Å². The highest BCUT2D eigenvalue weighted by Crippen LogP contribution is 2.56. The van der Waals surface area contributed by atoms with Crippen molar-refractivity contribution in [3.63, 3.8) is 0 Å². The zero-order valence-electron chi connectivity index (χ0n) is 40.2. The Morgan fingerprint density at radius 2 is 0.662 bits per heavy atom. The molecule has 2 aliphatic heterocycles. The standard InChI is InChI=1S/C67H50N4/c1-67(2)55-21-9-8-20-49(55)50-37-34-46(40-56(50)67)66-52-39-36-47(70-61-26-14-10-22-57(61)68(3)58-23-11-15-27-62(58)70)41-53(52)65(45-32-30-44(31-33-45)43-18-6-5-7-19-43)51-38-35-48(42-54(51)66)71-63-28-16-12-24-59(63)69(4)60-25-13-17-29-64(60)71/h5-42H,1-4H3. The van der Waals surface area contributed by atoms with Crippen LogP contribution in [0.4, 0.5) is 56.9 Å². The quantitative estimate of drug-likeness (QED) is 0.160. The molecule has 0 radical (unpaired) electrons. The number of fused-ring (bicyclic) bond motifs is 9. The van der Waals surface area contributed by atoms with Crippen LogP contribution in [0.2, 0.25) is 0 Å². The highest BCUT2D eigenvalue weighted by Gasteiger charge is 2.36. The number of hydrogen-bond acceptors (Lipinski definition) is 4. The lowest BCUT2D eigenvalue weighted by Gasteiger charge is -2.39. The number of benzene rings is 11. The van der Waals surface area contributed by atoms with Crippen molar-refractivity contribution in [1.29, 1.82) is 0 Å². The molecule has 0 N–H and O–H groups in total. The summed E-state index contributed by atoms with van der Waals surface area (Å²) in [5.74, 6) is 0. The van der Waals surface area contributed by atoms with Crippen molar-refractivity contribution in [1.82, 2.24) is 0 Å². The van der Waals surface area contributed by atoms with Crippen LogP contribution in [0.1, 0.15) is 25.0 Å². The smallest absolute Gasteiger partial charge is 0.0699 e. The number of hydrogen-bond donors (Lipinski definition) is 0. The molecule has 2 heterocycles. The zero-order chi connectivity index (χ0) is 47.5. The van der Waals surface area contributed by atoms with Gasteiger partial charge in [0.1, 0.15) is 0 Å². The second-order valence-corrected chi connectivity index (χ2v) is 19.8. The van der Waals surface area contributed by atoms with Crippen molar-refractivity contribution in [2.45, 2.75) is 19.3 Å². The van der Waals surface area contributed by atoms with Gasteiger partial charge >= 0.3 is 0 Å². The summed E-state index contributed by atoms with van der Waals surface area (Å²) in [7, 11) is 4.35. The van der Waals surface area contributed by atoms with Crippen LogP contribution >= 0.6 is 0 Å². The molecule has 0 aromatic heterocycles. The van der Waals surface area contributed by atoms with Crippen molar-refractivity contribution >= 4 is 78.4 Å². The zero-order valence-corrected chi connectivity index (χ0v) is 40.2. The Morgan fingerprint density at radius 3 is 1.17 bits per heavy atom. The maximum Gasteiger partial charge on any atom is 0.0699 e. The largest absolute Gasteiger partial charge is 0.341 e. The first kappa shape index (κ1) is 41.1. The van der Waals surface area contributed by atoms with Gasteiger partial charge in [0.05, 0.1) is 45.5 Å². The Hall–Kier alpha value is -8.86. The van der Waals surface area contributed by atoms with E-state index >= 15 is 0 Å². The molecule has 1 aliphatic carbocycles. The van der Waals surface area contributed by atoms with E-state index in [0.29, 0.717) is 0 Å². The van der Waals surface area contributed by atoms with Crippen molar-refractivity contribution in [3.05, 3.63) is 242 Å². The molecule has 3 aliphatic rings. The Balaban J connectivity index is 1.08. The second-order valence-electron chi connectivity index (χ2n) is 19.8. The molecule has 0 spiro atoms. The van der Waals surface area contributed by atoms with E-state index in [9.17, 15) is 0 Å². The maximum absolute atomic E-state index is 2.51. The third-order valence-corrected chi connectivity index (χ3v) is 15.7. The summed E-state index contributed by atoms with van der Waals surface area (Å²) < 4.78 is 0. The summed E-state index contributed by atoms with van der Waals surface area (Å²) in [6.07, 6.45) is 0. The van der Waals surface area contributed by atoms with E-state index in [4.69, 9.17) is 0 Å². The van der Waals surface area contributed by atoms with Crippen LogP contribution < -0.4 is 19.6 Å². The SMILES string of the molecule is CN1c2ccccc2N(c2ccc3c(-c4ccc5c(c4)C(C)(C)c4ccccc4-5)c4cc(N5c6ccccc6N(C)c6ccccc65)ccc4c(-c4ccc(-c5ccccc5)cc4)c3c2)c2ccccc21. The average molecular weight is 911 g/mol. The number of rotatable bonds is 5. The summed E-state index contributed by atoms with van der Waals surface area (Å²) in [6, 6.07) is 85.7. The second kappa shape index (κ2) is 15.6. The van der Waals surface area contributed by atoms with Gasteiger partial charge in [0.15, 0.2) is 0 Å². The van der Waals surface area contributed by atoms with Gasteiger partial charge in [0.2, 0.25) is 0 Å². The van der Waals surface area contributed by atoms with Crippen molar-refractivity contribution in [2.24, 2.45) is 0 Å². The fourth-order valence-electron chi connectivity index (χ4n) is 12.2. The highest BCUT2D eigenvalue weighted by molar-refractivity contribution is 6.23. The van der Waals surface area contributed by atoms with Crippen LogP contribution in [0.25, 0.3) is 66.1 Å². The van der Waals surface area contributed by atoms with E-state index in [1.807, 2.05) is 0 Å². The normalized spacial score (nSPS) is 13.9. The Labute approximate surface area is 415 Å². The summed E-state index contributed by atoms with van der Waals surface area (Å²) >= 11 is 0. The van der Waals surface area contributed by atoms with Crippen LogP contribution in [0.5, 0.6) is 0 Å². The molecule has 71 heavy (non-hydrogen) atoms. The Morgan fingerprint density at radius 1 is 0.282 bits per heavy atom. The van der Waals surface area contributed by atoms with Crippen LogP contribution in [0.15, 0.2) is 231 Å². The minimum Gasteiger partial charge on any atom is -0.341 e. The average Bonchev–Trinajstić information content (AvgIpc) is 3.65. The van der Waals surface area contributed by atoms with E-state index in [-0.39, 0.29) is 5.41 Å². The number of para-hydroxylation sites is 8. The molecule has 0 saturated carbocycles. The summed E-state index contributed by atoms with van der Waals surface area (Å²) in [5, 5.41) is 4.84. The van der Waals surface area contributed by atoms with E-state index in [1.165, 1.54) is 99.9 Å². The third kappa shape index (κ3) is 6.11. The van der Waals surface area contributed by atoms with E-state index in [0.717, 1.165) is 34.1 Å². The predicted molar refractivity (Wildman–Crippen MR) is 301 cm³/mol. The minimum absolute atomic E-state index is 0.165. The maximum atomic E-state index is 2.51. The monoisotopic (exact) mass is 910 g/mol. The van der Waals surface area contributed by atoms with Gasteiger partial charge in [-0.15, -0.1) is 0 Å². The van der Waals surface area contributed by atoms with E-state index in [1.54, 1.807) is 0 Å². The molecule has 0 atom stereocenters. The van der Waals surface area contributed by atoms with Crippen molar-refractivity contribution < 1.29 is 0 Å². The lowest BCUT2D eigenvalue weighted by atomic mass is 9.80. The van der Waals surface area contributed by atoms with Gasteiger partial charge in [-0.3, -0.25) is 0 Å². The van der Waals surface area contributed by atoms with Gasteiger partial charge in [-0.1, -0.05) is 166 Å². The fraction of sp³-hybridized carbons (Fsp3) is 0.0746. The summed E-state index contributed by atoms with van der Waals surface area (Å²) in [5.41, 5.74) is 24.0. The Bertz CT molecular complexity index is 3870. The van der Waals surface area contributed by atoms with Crippen LogP contribution in [-0.2, 0) is 5.41 Å². The Kier molecular flexibility index (Phi) is 9.03. The highest BCUT2D eigenvalue weighted by atomic mass is 15.3. The molecular formula is C67H50N4. The van der Waals surface area contributed by atoms with Gasteiger partial charge in [-0.05, 0) is 156 Å². The fourth-order valence-corrected chi connectivity index (χ4v) is 12.2. The van der Waals surface area contributed by atoms with E-state index in [2.05, 4.69) is 278 Å². The molecule has 0 unspecified atom stereocenters. The molecule has 0 amide bonds.